The zero-order chi connectivity index (χ0) is 13.3. The summed E-state index contributed by atoms with van der Waals surface area (Å²) in [7, 11) is 0. The normalized spacial score (nSPS) is 20.0. The topological polar surface area (TPSA) is 61.3 Å². The first kappa shape index (κ1) is 12.2. The van der Waals surface area contributed by atoms with Crippen molar-refractivity contribution >= 4 is 5.65 Å². The number of nitriles is 1. The van der Waals surface area contributed by atoms with Gasteiger partial charge in [-0.05, 0) is 25.0 Å². The first-order valence-corrected chi connectivity index (χ1v) is 6.78. The van der Waals surface area contributed by atoms with Crippen molar-refractivity contribution in [2.24, 2.45) is 5.41 Å². The Morgan fingerprint density at radius 2 is 2.11 bits per heavy atom. The predicted molar refractivity (Wildman–Crippen MR) is 71.3 cm³/mol. The average molecular weight is 255 g/mol. The Hall–Kier alpha value is -1.86. The minimum atomic E-state index is -0.794. The van der Waals surface area contributed by atoms with Crippen molar-refractivity contribution in [3.05, 3.63) is 36.3 Å². The third kappa shape index (κ3) is 2.00. The van der Waals surface area contributed by atoms with E-state index < -0.39 is 11.5 Å². The summed E-state index contributed by atoms with van der Waals surface area (Å²) in [5.41, 5.74) is 0.756. The van der Waals surface area contributed by atoms with Gasteiger partial charge in [-0.15, -0.1) is 0 Å². The summed E-state index contributed by atoms with van der Waals surface area (Å²) in [5.74, 6) is 0. The van der Waals surface area contributed by atoms with Crippen LogP contribution in [0.25, 0.3) is 5.65 Å². The average Bonchev–Trinajstić information content (AvgIpc) is 2.91. The smallest absolute Gasteiger partial charge is 0.137 e. The SMILES string of the molecule is N#CC1(C(O)c2cn3ccccc3n2)CCCCC1. The highest BCUT2D eigenvalue weighted by Gasteiger charge is 2.41. The van der Waals surface area contributed by atoms with Crippen molar-refractivity contribution < 1.29 is 5.11 Å². The van der Waals surface area contributed by atoms with Crippen molar-refractivity contribution in [1.29, 1.82) is 5.26 Å². The second kappa shape index (κ2) is 4.67. The second-order valence-corrected chi connectivity index (χ2v) is 5.36. The lowest BCUT2D eigenvalue weighted by atomic mass is 9.70. The Morgan fingerprint density at radius 1 is 1.32 bits per heavy atom. The number of fused-ring (bicyclic) bond motifs is 1. The highest BCUT2D eigenvalue weighted by molar-refractivity contribution is 5.40. The van der Waals surface area contributed by atoms with Crippen LogP contribution in [0.3, 0.4) is 0 Å². The lowest BCUT2D eigenvalue weighted by Gasteiger charge is -2.34. The molecular weight excluding hydrogens is 238 g/mol. The summed E-state index contributed by atoms with van der Waals surface area (Å²) < 4.78 is 1.88. The first-order valence-electron chi connectivity index (χ1n) is 6.78. The number of imidazole rings is 1. The second-order valence-electron chi connectivity index (χ2n) is 5.36. The maximum Gasteiger partial charge on any atom is 0.137 e. The van der Waals surface area contributed by atoms with Crippen LogP contribution in [0.4, 0.5) is 0 Å². The summed E-state index contributed by atoms with van der Waals surface area (Å²) in [6.45, 7) is 0. The molecule has 4 heteroatoms. The molecule has 0 spiro atoms. The fourth-order valence-corrected chi connectivity index (χ4v) is 3.00. The van der Waals surface area contributed by atoms with Gasteiger partial charge in [0.25, 0.3) is 0 Å². The van der Waals surface area contributed by atoms with E-state index in [2.05, 4.69) is 11.1 Å². The van der Waals surface area contributed by atoms with Crippen molar-refractivity contribution in [3.8, 4) is 6.07 Å². The van der Waals surface area contributed by atoms with E-state index in [1.54, 1.807) is 0 Å². The van der Waals surface area contributed by atoms with E-state index in [0.717, 1.165) is 37.8 Å². The van der Waals surface area contributed by atoms with Crippen LogP contribution >= 0.6 is 0 Å². The lowest BCUT2D eigenvalue weighted by molar-refractivity contribution is 0.0331. The number of rotatable bonds is 2. The molecule has 1 fully saturated rings. The zero-order valence-corrected chi connectivity index (χ0v) is 10.8. The molecule has 3 rings (SSSR count). The fraction of sp³-hybridized carbons (Fsp3) is 0.467. The van der Waals surface area contributed by atoms with Gasteiger partial charge in [0.15, 0.2) is 0 Å². The highest BCUT2D eigenvalue weighted by atomic mass is 16.3. The van der Waals surface area contributed by atoms with Crippen LogP contribution in [-0.4, -0.2) is 14.5 Å². The number of aromatic nitrogens is 2. The number of aliphatic hydroxyl groups is 1. The van der Waals surface area contributed by atoms with Gasteiger partial charge >= 0.3 is 0 Å². The molecule has 1 N–H and O–H groups in total. The van der Waals surface area contributed by atoms with E-state index in [0.29, 0.717) is 5.69 Å². The lowest BCUT2D eigenvalue weighted by Crippen LogP contribution is -2.30. The van der Waals surface area contributed by atoms with Crippen LogP contribution in [0.15, 0.2) is 30.6 Å². The molecule has 1 atom stereocenters. The molecule has 4 nitrogen and oxygen atoms in total. The van der Waals surface area contributed by atoms with E-state index in [-0.39, 0.29) is 0 Å². The molecule has 0 saturated heterocycles. The van der Waals surface area contributed by atoms with Crippen molar-refractivity contribution in [2.45, 2.75) is 38.2 Å². The Morgan fingerprint density at radius 3 is 2.79 bits per heavy atom. The van der Waals surface area contributed by atoms with Gasteiger partial charge in [-0.1, -0.05) is 25.3 Å². The molecule has 1 aliphatic rings. The quantitative estimate of drug-likeness (QED) is 0.897. The fourth-order valence-electron chi connectivity index (χ4n) is 3.00. The minimum absolute atomic E-state index is 0.606. The van der Waals surface area contributed by atoms with Gasteiger partial charge in [0.05, 0.1) is 17.2 Å². The van der Waals surface area contributed by atoms with Crippen LogP contribution in [0.2, 0.25) is 0 Å². The molecule has 1 aliphatic carbocycles. The van der Waals surface area contributed by atoms with Gasteiger partial charge in [-0.3, -0.25) is 0 Å². The van der Waals surface area contributed by atoms with Crippen LogP contribution in [0.5, 0.6) is 0 Å². The molecule has 0 amide bonds. The van der Waals surface area contributed by atoms with Gasteiger partial charge in [0, 0.05) is 12.4 Å². The molecule has 0 aromatic carbocycles. The maximum absolute atomic E-state index is 10.6. The van der Waals surface area contributed by atoms with Gasteiger partial charge in [0.2, 0.25) is 0 Å². The molecule has 1 unspecified atom stereocenters. The highest BCUT2D eigenvalue weighted by Crippen LogP contribution is 2.45. The Labute approximate surface area is 112 Å². The maximum atomic E-state index is 10.6. The summed E-state index contributed by atoms with van der Waals surface area (Å²) in [6, 6.07) is 8.10. The molecule has 0 aliphatic heterocycles. The first-order chi connectivity index (χ1) is 9.25. The zero-order valence-electron chi connectivity index (χ0n) is 10.8. The molecular formula is C15H17N3O. The van der Waals surface area contributed by atoms with Crippen molar-refractivity contribution in [2.75, 3.05) is 0 Å². The molecule has 1 saturated carbocycles. The van der Waals surface area contributed by atoms with E-state index in [9.17, 15) is 10.4 Å². The minimum Gasteiger partial charge on any atom is -0.385 e. The summed E-state index contributed by atoms with van der Waals surface area (Å²) >= 11 is 0. The Kier molecular flexibility index (Phi) is 3.00. The summed E-state index contributed by atoms with van der Waals surface area (Å²) in [4.78, 5) is 4.44. The molecule has 0 bridgehead atoms. The third-order valence-electron chi connectivity index (χ3n) is 4.15. The van der Waals surface area contributed by atoms with E-state index in [1.807, 2.05) is 35.0 Å². The van der Waals surface area contributed by atoms with E-state index in [4.69, 9.17) is 0 Å². The van der Waals surface area contributed by atoms with E-state index >= 15 is 0 Å². The molecule has 2 aromatic rings. The van der Waals surface area contributed by atoms with Crippen LogP contribution in [0.1, 0.15) is 43.9 Å². The number of aliphatic hydroxyl groups excluding tert-OH is 1. The third-order valence-corrected chi connectivity index (χ3v) is 4.15. The van der Waals surface area contributed by atoms with Crippen molar-refractivity contribution in [1.82, 2.24) is 9.38 Å². The number of nitrogens with zero attached hydrogens (tertiary/aromatic N) is 3. The van der Waals surface area contributed by atoms with Gasteiger partial charge in [0.1, 0.15) is 11.8 Å². The molecule has 0 radical (unpaired) electrons. The molecule has 2 aromatic heterocycles. The van der Waals surface area contributed by atoms with Crippen LogP contribution < -0.4 is 0 Å². The van der Waals surface area contributed by atoms with E-state index in [1.165, 1.54) is 0 Å². The van der Waals surface area contributed by atoms with Crippen molar-refractivity contribution in [3.63, 3.8) is 0 Å². The monoisotopic (exact) mass is 255 g/mol. The van der Waals surface area contributed by atoms with Gasteiger partial charge < -0.3 is 9.51 Å². The van der Waals surface area contributed by atoms with Crippen LogP contribution in [-0.2, 0) is 0 Å². The van der Waals surface area contributed by atoms with Gasteiger partial charge in [-0.2, -0.15) is 5.26 Å². The molecule has 2 heterocycles. The van der Waals surface area contributed by atoms with Gasteiger partial charge in [-0.25, -0.2) is 4.98 Å². The Balaban J connectivity index is 1.98. The predicted octanol–water partition coefficient (Wildman–Crippen LogP) is 2.84. The number of hydrogen-bond donors (Lipinski definition) is 1. The number of hydrogen-bond acceptors (Lipinski definition) is 3. The Bertz CT molecular complexity index is 587. The number of pyridine rings is 1. The summed E-state index contributed by atoms with van der Waals surface area (Å²) in [5, 5.41) is 20.1. The molecule has 98 valence electrons. The van der Waals surface area contributed by atoms with Crippen LogP contribution in [0, 0.1) is 16.7 Å². The molecule has 19 heavy (non-hydrogen) atoms. The standard InChI is InChI=1S/C15H17N3O/c16-11-15(7-3-1-4-8-15)14(19)12-10-18-9-5-2-6-13(18)17-12/h2,5-6,9-10,14,19H,1,3-4,7-8H2. The summed E-state index contributed by atoms with van der Waals surface area (Å²) in [6.07, 6.45) is 7.64. The largest absolute Gasteiger partial charge is 0.385 e.